The minimum absolute atomic E-state index is 0.196. The molecule has 0 bridgehead atoms. The maximum absolute atomic E-state index is 11.6. The molecule has 1 rings (SSSR count). The minimum Gasteiger partial charge on any atom is -0.466 e. The molecule has 1 aromatic carbocycles. The predicted octanol–water partition coefficient (Wildman–Crippen LogP) is 4.36. The maximum atomic E-state index is 11.6. The Morgan fingerprint density at radius 1 is 1.35 bits per heavy atom. The normalized spacial score (nSPS) is 13.1. The van der Waals surface area contributed by atoms with Gasteiger partial charge in [0.15, 0.2) is 0 Å². The van der Waals surface area contributed by atoms with E-state index in [2.05, 4.69) is 0 Å². The molecule has 0 aliphatic carbocycles. The summed E-state index contributed by atoms with van der Waals surface area (Å²) in [5.74, 6) is -0.196. The van der Waals surface area contributed by atoms with Crippen LogP contribution in [0.5, 0.6) is 0 Å². The van der Waals surface area contributed by atoms with E-state index in [-0.39, 0.29) is 17.4 Å². The van der Waals surface area contributed by atoms with Gasteiger partial charge in [0, 0.05) is 6.04 Å². The summed E-state index contributed by atoms with van der Waals surface area (Å²) in [6, 6.07) is 5.17. The van der Waals surface area contributed by atoms with Gasteiger partial charge in [0.2, 0.25) is 0 Å². The lowest BCUT2D eigenvalue weighted by Gasteiger charge is -2.27. The van der Waals surface area contributed by atoms with Crippen molar-refractivity contribution in [1.82, 2.24) is 0 Å². The standard InChI is InChI=1S/C15H21Cl2NO2/c1-4-20-14(19)9-15(2,3)8-13(18)10-5-6-11(16)12(17)7-10/h5-7,13H,4,8-9,18H2,1-3H3. The molecule has 5 heteroatoms. The molecule has 0 saturated carbocycles. The molecule has 20 heavy (non-hydrogen) atoms. The topological polar surface area (TPSA) is 52.3 Å². The SMILES string of the molecule is CCOC(=O)CC(C)(C)CC(N)c1ccc(Cl)c(Cl)c1. The molecular formula is C15H21Cl2NO2. The lowest BCUT2D eigenvalue weighted by atomic mass is 9.81. The van der Waals surface area contributed by atoms with E-state index in [1.807, 2.05) is 19.9 Å². The molecule has 0 amide bonds. The van der Waals surface area contributed by atoms with Crippen molar-refractivity contribution < 1.29 is 9.53 Å². The monoisotopic (exact) mass is 317 g/mol. The molecular weight excluding hydrogens is 297 g/mol. The molecule has 0 spiro atoms. The van der Waals surface area contributed by atoms with Crippen LogP contribution in [0.1, 0.15) is 45.2 Å². The summed E-state index contributed by atoms with van der Waals surface area (Å²) in [6.45, 7) is 6.20. The smallest absolute Gasteiger partial charge is 0.306 e. The average molecular weight is 318 g/mol. The summed E-state index contributed by atoms with van der Waals surface area (Å²) in [5.41, 5.74) is 6.87. The fourth-order valence-corrected chi connectivity index (χ4v) is 2.44. The zero-order valence-corrected chi connectivity index (χ0v) is 13.6. The van der Waals surface area contributed by atoms with Crippen LogP contribution in [0, 0.1) is 5.41 Å². The summed E-state index contributed by atoms with van der Waals surface area (Å²) in [5, 5.41) is 0.996. The lowest BCUT2D eigenvalue weighted by molar-refractivity contribution is -0.145. The summed E-state index contributed by atoms with van der Waals surface area (Å²) in [6.07, 6.45) is 1.000. The third-order valence-corrected chi connectivity index (χ3v) is 3.81. The molecule has 0 heterocycles. The quantitative estimate of drug-likeness (QED) is 0.793. The van der Waals surface area contributed by atoms with Crippen LogP contribution >= 0.6 is 23.2 Å². The third-order valence-electron chi connectivity index (χ3n) is 3.07. The number of hydrogen-bond acceptors (Lipinski definition) is 3. The molecule has 0 aliphatic heterocycles. The van der Waals surface area contributed by atoms with Gasteiger partial charge in [-0.3, -0.25) is 4.79 Å². The first kappa shape index (κ1) is 17.3. The van der Waals surface area contributed by atoms with Crippen molar-refractivity contribution in [2.45, 2.75) is 39.7 Å². The van der Waals surface area contributed by atoms with Crippen LogP contribution < -0.4 is 5.73 Å². The van der Waals surface area contributed by atoms with Crippen LogP contribution in [0.4, 0.5) is 0 Å². The molecule has 1 unspecified atom stereocenters. The van der Waals surface area contributed by atoms with Crippen molar-refractivity contribution in [3.8, 4) is 0 Å². The molecule has 3 nitrogen and oxygen atoms in total. The molecule has 1 atom stereocenters. The van der Waals surface area contributed by atoms with Crippen LogP contribution in [-0.2, 0) is 9.53 Å². The zero-order valence-electron chi connectivity index (χ0n) is 12.1. The number of hydrogen-bond donors (Lipinski definition) is 1. The first-order valence-electron chi connectivity index (χ1n) is 6.61. The fourth-order valence-electron chi connectivity index (χ4n) is 2.13. The van der Waals surface area contributed by atoms with Gasteiger partial charge in [0.05, 0.1) is 23.1 Å². The van der Waals surface area contributed by atoms with E-state index in [9.17, 15) is 4.79 Å². The van der Waals surface area contributed by atoms with E-state index < -0.39 is 0 Å². The van der Waals surface area contributed by atoms with E-state index in [0.717, 1.165) is 5.56 Å². The Balaban J connectivity index is 2.70. The Hall–Kier alpha value is -0.770. The van der Waals surface area contributed by atoms with Gasteiger partial charge in [-0.15, -0.1) is 0 Å². The number of carbonyl (C=O) groups is 1. The number of halogens is 2. The molecule has 0 saturated heterocycles. The minimum atomic E-state index is -0.238. The van der Waals surface area contributed by atoms with Crippen molar-refractivity contribution in [1.29, 1.82) is 0 Å². The lowest BCUT2D eigenvalue weighted by Crippen LogP contribution is -2.25. The molecule has 0 radical (unpaired) electrons. The van der Waals surface area contributed by atoms with Crippen LogP contribution in [-0.4, -0.2) is 12.6 Å². The maximum Gasteiger partial charge on any atom is 0.306 e. The van der Waals surface area contributed by atoms with E-state index in [1.165, 1.54) is 0 Å². The van der Waals surface area contributed by atoms with Crippen LogP contribution in [0.25, 0.3) is 0 Å². The number of ether oxygens (including phenoxy) is 1. The van der Waals surface area contributed by atoms with Gasteiger partial charge in [-0.25, -0.2) is 0 Å². The van der Waals surface area contributed by atoms with Crippen LogP contribution in [0.15, 0.2) is 18.2 Å². The van der Waals surface area contributed by atoms with E-state index in [0.29, 0.717) is 29.5 Å². The van der Waals surface area contributed by atoms with E-state index in [1.54, 1.807) is 19.1 Å². The molecule has 0 aromatic heterocycles. The number of benzene rings is 1. The van der Waals surface area contributed by atoms with Crippen molar-refractivity contribution in [3.63, 3.8) is 0 Å². The Labute approximate surface area is 130 Å². The molecule has 0 aliphatic rings. The van der Waals surface area contributed by atoms with Crippen molar-refractivity contribution in [2.75, 3.05) is 6.61 Å². The second kappa shape index (κ2) is 7.30. The summed E-state index contributed by atoms with van der Waals surface area (Å²) >= 11 is 11.9. The summed E-state index contributed by atoms with van der Waals surface area (Å²) < 4.78 is 4.98. The summed E-state index contributed by atoms with van der Waals surface area (Å²) in [7, 11) is 0. The van der Waals surface area contributed by atoms with Gasteiger partial charge in [-0.1, -0.05) is 43.1 Å². The van der Waals surface area contributed by atoms with Crippen molar-refractivity contribution >= 4 is 29.2 Å². The Morgan fingerprint density at radius 2 is 2.00 bits per heavy atom. The van der Waals surface area contributed by atoms with Gasteiger partial charge in [0.25, 0.3) is 0 Å². The third kappa shape index (κ3) is 5.31. The summed E-state index contributed by atoms with van der Waals surface area (Å²) in [4.78, 5) is 11.6. The van der Waals surface area contributed by atoms with E-state index >= 15 is 0 Å². The molecule has 0 fully saturated rings. The van der Waals surface area contributed by atoms with Gasteiger partial charge in [0.1, 0.15) is 0 Å². The molecule has 112 valence electrons. The van der Waals surface area contributed by atoms with Gasteiger partial charge >= 0.3 is 5.97 Å². The number of nitrogens with two attached hydrogens (primary N) is 1. The van der Waals surface area contributed by atoms with Crippen molar-refractivity contribution in [2.24, 2.45) is 11.1 Å². The van der Waals surface area contributed by atoms with Crippen molar-refractivity contribution in [3.05, 3.63) is 33.8 Å². The average Bonchev–Trinajstić information content (AvgIpc) is 2.31. The first-order valence-corrected chi connectivity index (χ1v) is 7.37. The predicted molar refractivity (Wildman–Crippen MR) is 83.0 cm³/mol. The Morgan fingerprint density at radius 3 is 2.55 bits per heavy atom. The van der Waals surface area contributed by atoms with Crippen LogP contribution in [0.2, 0.25) is 10.0 Å². The van der Waals surface area contributed by atoms with Gasteiger partial charge < -0.3 is 10.5 Å². The largest absolute Gasteiger partial charge is 0.466 e. The van der Waals surface area contributed by atoms with Crippen LogP contribution in [0.3, 0.4) is 0 Å². The number of esters is 1. The number of rotatable bonds is 6. The second-order valence-corrected chi connectivity index (χ2v) is 6.44. The molecule has 2 N–H and O–H groups in total. The highest BCUT2D eigenvalue weighted by molar-refractivity contribution is 6.42. The highest BCUT2D eigenvalue weighted by atomic mass is 35.5. The number of carbonyl (C=O) groups excluding carboxylic acids is 1. The zero-order chi connectivity index (χ0) is 15.3. The second-order valence-electron chi connectivity index (χ2n) is 5.63. The molecule has 1 aromatic rings. The highest BCUT2D eigenvalue weighted by Crippen LogP contribution is 2.34. The Kier molecular flexibility index (Phi) is 6.31. The fraction of sp³-hybridized carbons (Fsp3) is 0.533. The highest BCUT2D eigenvalue weighted by Gasteiger charge is 2.26. The Bertz CT molecular complexity index is 475. The first-order chi connectivity index (χ1) is 9.25. The van der Waals surface area contributed by atoms with E-state index in [4.69, 9.17) is 33.7 Å². The van der Waals surface area contributed by atoms with Gasteiger partial charge in [-0.2, -0.15) is 0 Å². The van der Waals surface area contributed by atoms with Gasteiger partial charge in [-0.05, 0) is 36.5 Å².